The van der Waals surface area contributed by atoms with Gasteiger partial charge >= 0.3 is 0 Å². The molecular formula is C16H21NO. The van der Waals surface area contributed by atoms with E-state index in [4.69, 9.17) is 0 Å². The molecule has 1 aromatic carbocycles. The van der Waals surface area contributed by atoms with E-state index in [1.165, 1.54) is 32.1 Å². The Bertz CT molecular complexity index is 414. The summed E-state index contributed by atoms with van der Waals surface area (Å²) in [4.78, 5) is 14.7. The Morgan fingerprint density at radius 1 is 1.11 bits per heavy atom. The molecule has 18 heavy (non-hydrogen) atoms. The molecule has 3 rings (SSSR count). The monoisotopic (exact) mass is 243 g/mol. The van der Waals surface area contributed by atoms with Crippen LogP contribution in [-0.2, 0) is 0 Å². The van der Waals surface area contributed by atoms with Gasteiger partial charge in [-0.25, -0.2) is 0 Å². The van der Waals surface area contributed by atoms with E-state index in [1.807, 2.05) is 30.3 Å². The molecule has 2 fully saturated rings. The van der Waals surface area contributed by atoms with E-state index in [2.05, 4.69) is 4.90 Å². The van der Waals surface area contributed by atoms with Crippen molar-refractivity contribution in [3.63, 3.8) is 0 Å². The standard InChI is InChI=1S/C16H21NO/c18-16(14-7-2-1-3-8-14)12-17-11-10-13-6-4-5-9-15(13)17/h1-3,7-8,13,15H,4-6,9-12H2. The van der Waals surface area contributed by atoms with Gasteiger partial charge in [-0.15, -0.1) is 0 Å². The summed E-state index contributed by atoms with van der Waals surface area (Å²) in [6, 6.07) is 10.4. The first-order valence-corrected chi connectivity index (χ1v) is 7.17. The second-order valence-corrected chi connectivity index (χ2v) is 5.66. The fraction of sp³-hybridized carbons (Fsp3) is 0.562. The van der Waals surface area contributed by atoms with Gasteiger partial charge in [-0.3, -0.25) is 9.69 Å². The van der Waals surface area contributed by atoms with E-state index in [0.29, 0.717) is 12.6 Å². The van der Waals surface area contributed by atoms with Gasteiger partial charge in [-0.1, -0.05) is 43.2 Å². The molecule has 0 N–H and O–H groups in total. The van der Waals surface area contributed by atoms with Crippen LogP contribution < -0.4 is 0 Å². The van der Waals surface area contributed by atoms with E-state index in [1.54, 1.807) is 0 Å². The molecule has 0 aromatic heterocycles. The maximum atomic E-state index is 12.2. The highest BCUT2D eigenvalue weighted by Gasteiger charge is 2.36. The molecule has 96 valence electrons. The lowest BCUT2D eigenvalue weighted by Crippen LogP contribution is -2.38. The van der Waals surface area contributed by atoms with Crippen molar-refractivity contribution in [2.75, 3.05) is 13.1 Å². The van der Waals surface area contributed by atoms with Gasteiger partial charge in [0.05, 0.1) is 6.54 Å². The van der Waals surface area contributed by atoms with E-state index in [0.717, 1.165) is 18.0 Å². The summed E-state index contributed by atoms with van der Waals surface area (Å²) in [5.41, 5.74) is 0.858. The molecule has 1 aromatic rings. The van der Waals surface area contributed by atoms with Crippen LogP contribution in [0.3, 0.4) is 0 Å². The van der Waals surface area contributed by atoms with Gasteiger partial charge in [-0.05, 0) is 31.7 Å². The largest absolute Gasteiger partial charge is 0.293 e. The molecule has 2 aliphatic rings. The number of benzene rings is 1. The number of ketones is 1. The number of Topliss-reactive ketones (excluding diaryl/α,β-unsaturated/α-hetero) is 1. The van der Waals surface area contributed by atoms with Gasteiger partial charge in [0.15, 0.2) is 5.78 Å². The normalized spacial score (nSPS) is 28.0. The Morgan fingerprint density at radius 2 is 1.89 bits per heavy atom. The van der Waals surface area contributed by atoms with Gasteiger partial charge < -0.3 is 0 Å². The molecule has 2 heteroatoms. The number of fused-ring (bicyclic) bond motifs is 1. The van der Waals surface area contributed by atoms with Gasteiger partial charge in [0, 0.05) is 11.6 Å². The number of likely N-dealkylation sites (tertiary alicyclic amines) is 1. The predicted molar refractivity (Wildman–Crippen MR) is 72.7 cm³/mol. The number of nitrogens with zero attached hydrogens (tertiary/aromatic N) is 1. The number of carbonyl (C=O) groups excluding carboxylic acids is 1. The number of hydrogen-bond acceptors (Lipinski definition) is 2. The van der Waals surface area contributed by atoms with Crippen molar-refractivity contribution in [3.8, 4) is 0 Å². The van der Waals surface area contributed by atoms with Crippen molar-refractivity contribution >= 4 is 5.78 Å². The number of hydrogen-bond donors (Lipinski definition) is 0. The van der Waals surface area contributed by atoms with Gasteiger partial charge in [-0.2, -0.15) is 0 Å². The second kappa shape index (κ2) is 5.23. The maximum absolute atomic E-state index is 12.2. The van der Waals surface area contributed by atoms with Crippen LogP contribution >= 0.6 is 0 Å². The SMILES string of the molecule is O=C(CN1CCC2CCCCC21)c1ccccc1. The Kier molecular flexibility index (Phi) is 3.46. The molecule has 2 unspecified atom stereocenters. The Balaban J connectivity index is 1.65. The molecule has 1 heterocycles. The Morgan fingerprint density at radius 3 is 2.72 bits per heavy atom. The third kappa shape index (κ3) is 2.35. The lowest BCUT2D eigenvalue weighted by Gasteiger charge is -2.31. The second-order valence-electron chi connectivity index (χ2n) is 5.66. The highest BCUT2D eigenvalue weighted by Crippen LogP contribution is 2.35. The van der Waals surface area contributed by atoms with Crippen molar-refractivity contribution in [3.05, 3.63) is 35.9 Å². The summed E-state index contributed by atoms with van der Waals surface area (Å²) in [7, 11) is 0. The Hall–Kier alpha value is -1.15. The van der Waals surface area contributed by atoms with Gasteiger partial charge in [0.25, 0.3) is 0 Å². The first kappa shape index (κ1) is 11.9. The van der Waals surface area contributed by atoms with Crippen LogP contribution in [0.5, 0.6) is 0 Å². The molecule has 2 atom stereocenters. The third-order valence-electron chi connectivity index (χ3n) is 4.57. The van der Waals surface area contributed by atoms with Crippen LogP contribution in [0.4, 0.5) is 0 Å². The average molecular weight is 243 g/mol. The lowest BCUT2D eigenvalue weighted by molar-refractivity contribution is 0.0896. The summed E-state index contributed by atoms with van der Waals surface area (Å²) in [5.74, 6) is 1.14. The molecule has 1 aliphatic carbocycles. The van der Waals surface area contributed by atoms with Crippen molar-refractivity contribution in [2.45, 2.75) is 38.1 Å². The quantitative estimate of drug-likeness (QED) is 0.760. The van der Waals surface area contributed by atoms with E-state index in [9.17, 15) is 4.79 Å². The predicted octanol–water partition coefficient (Wildman–Crippen LogP) is 3.13. The average Bonchev–Trinajstić information content (AvgIpc) is 2.83. The fourth-order valence-electron chi connectivity index (χ4n) is 3.60. The van der Waals surface area contributed by atoms with Crippen molar-refractivity contribution in [1.29, 1.82) is 0 Å². The maximum Gasteiger partial charge on any atom is 0.176 e. The molecule has 1 aliphatic heterocycles. The molecule has 1 saturated carbocycles. The lowest BCUT2D eigenvalue weighted by atomic mass is 9.85. The van der Waals surface area contributed by atoms with Crippen LogP contribution in [0, 0.1) is 5.92 Å². The van der Waals surface area contributed by atoms with E-state index >= 15 is 0 Å². The van der Waals surface area contributed by atoms with E-state index in [-0.39, 0.29) is 5.78 Å². The smallest absolute Gasteiger partial charge is 0.176 e. The zero-order valence-electron chi connectivity index (χ0n) is 10.8. The number of carbonyl (C=O) groups is 1. The van der Waals surface area contributed by atoms with Gasteiger partial charge in [0.2, 0.25) is 0 Å². The summed E-state index contributed by atoms with van der Waals surface area (Å²) in [5, 5.41) is 0. The third-order valence-corrected chi connectivity index (χ3v) is 4.57. The van der Waals surface area contributed by atoms with Crippen LogP contribution in [0.15, 0.2) is 30.3 Å². The highest BCUT2D eigenvalue weighted by atomic mass is 16.1. The Labute approximate surface area is 109 Å². The molecule has 0 bridgehead atoms. The first-order valence-electron chi connectivity index (χ1n) is 7.17. The molecule has 2 nitrogen and oxygen atoms in total. The summed E-state index contributed by atoms with van der Waals surface area (Å²) < 4.78 is 0. The summed E-state index contributed by atoms with van der Waals surface area (Å²) in [6.07, 6.45) is 6.71. The minimum absolute atomic E-state index is 0.279. The number of rotatable bonds is 3. The molecule has 0 radical (unpaired) electrons. The zero-order chi connectivity index (χ0) is 12.4. The summed E-state index contributed by atoms with van der Waals surface area (Å²) >= 11 is 0. The summed E-state index contributed by atoms with van der Waals surface area (Å²) in [6.45, 7) is 1.74. The minimum atomic E-state index is 0.279. The van der Waals surface area contributed by atoms with E-state index < -0.39 is 0 Å². The topological polar surface area (TPSA) is 20.3 Å². The van der Waals surface area contributed by atoms with Crippen molar-refractivity contribution in [1.82, 2.24) is 4.90 Å². The highest BCUT2D eigenvalue weighted by molar-refractivity contribution is 5.97. The molecular weight excluding hydrogens is 222 g/mol. The van der Waals surface area contributed by atoms with Crippen LogP contribution in [0.2, 0.25) is 0 Å². The zero-order valence-corrected chi connectivity index (χ0v) is 10.8. The van der Waals surface area contributed by atoms with Crippen molar-refractivity contribution < 1.29 is 4.79 Å². The first-order chi connectivity index (χ1) is 8.84. The molecule has 1 saturated heterocycles. The van der Waals surface area contributed by atoms with Crippen LogP contribution in [-0.4, -0.2) is 29.8 Å². The minimum Gasteiger partial charge on any atom is -0.293 e. The van der Waals surface area contributed by atoms with Crippen molar-refractivity contribution in [2.24, 2.45) is 5.92 Å². The van der Waals surface area contributed by atoms with Crippen LogP contribution in [0.1, 0.15) is 42.5 Å². The molecule has 0 amide bonds. The van der Waals surface area contributed by atoms with Gasteiger partial charge in [0.1, 0.15) is 0 Å². The van der Waals surface area contributed by atoms with Crippen LogP contribution in [0.25, 0.3) is 0 Å². The molecule has 0 spiro atoms. The fourth-order valence-corrected chi connectivity index (χ4v) is 3.60.